The summed E-state index contributed by atoms with van der Waals surface area (Å²) in [4.78, 5) is 50.4. The van der Waals surface area contributed by atoms with Crippen molar-refractivity contribution in [3.63, 3.8) is 0 Å². The number of anilines is 1. The highest BCUT2D eigenvalue weighted by atomic mass is 79.9. The van der Waals surface area contributed by atoms with Gasteiger partial charge >= 0.3 is 5.97 Å². The Morgan fingerprint density at radius 2 is 1.80 bits per heavy atom. The lowest BCUT2D eigenvalue weighted by Crippen LogP contribution is -2.56. The van der Waals surface area contributed by atoms with Crippen molar-refractivity contribution in [1.82, 2.24) is 4.90 Å². The second-order valence-corrected chi connectivity index (χ2v) is 11.1. The highest BCUT2D eigenvalue weighted by molar-refractivity contribution is 9.10. The summed E-state index contributed by atoms with van der Waals surface area (Å²) in [6.07, 6.45) is 5.92. The van der Waals surface area contributed by atoms with Crippen molar-refractivity contribution in [3.05, 3.63) is 29.3 Å². The Hall–Kier alpha value is -2.22. The topological polar surface area (TPSA) is 92.8 Å². The number of alkyl halides is 1. The molecule has 7 nitrogen and oxygen atoms in total. The second kappa shape index (κ2) is 6.64. The van der Waals surface area contributed by atoms with Crippen molar-refractivity contribution in [2.75, 3.05) is 19.0 Å². The number of nitrogens with zero attached hydrogens (tertiary/aromatic N) is 1. The Bertz CT molecular complexity index is 976. The largest absolute Gasteiger partial charge is 0.455 e. The molecule has 1 heterocycles. The minimum Gasteiger partial charge on any atom is -0.455 e. The van der Waals surface area contributed by atoms with Gasteiger partial charge in [0.1, 0.15) is 0 Å². The Morgan fingerprint density at radius 3 is 2.47 bits per heavy atom. The molecule has 4 fully saturated rings. The summed E-state index contributed by atoms with van der Waals surface area (Å²) in [6, 6.07) is 4.56. The lowest BCUT2D eigenvalue weighted by Gasteiger charge is -2.58. The Balaban J connectivity index is 1.22. The highest BCUT2D eigenvalue weighted by Gasteiger charge is 2.60. The van der Waals surface area contributed by atoms with E-state index in [4.69, 9.17) is 4.74 Å². The van der Waals surface area contributed by atoms with E-state index in [2.05, 4.69) is 21.2 Å². The van der Waals surface area contributed by atoms with Crippen molar-refractivity contribution in [1.29, 1.82) is 0 Å². The zero-order valence-electron chi connectivity index (χ0n) is 16.7. The maximum Gasteiger partial charge on any atom is 0.312 e. The maximum atomic E-state index is 13.0. The number of carbonyl (C=O) groups is 4. The summed E-state index contributed by atoms with van der Waals surface area (Å²) in [5, 5.41) is 2.65. The molecule has 3 amide bonds. The van der Waals surface area contributed by atoms with Gasteiger partial charge in [-0.1, -0.05) is 15.9 Å². The number of esters is 1. The van der Waals surface area contributed by atoms with E-state index in [9.17, 15) is 19.2 Å². The van der Waals surface area contributed by atoms with E-state index in [0.29, 0.717) is 23.1 Å². The van der Waals surface area contributed by atoms with E-state index in [1.165, 1.54) is 25.6 Å². The maximum absolute atomic E-state index is 13.0. The van der Waals surface area contributed by atoms with Crippen LogP contribution in [0.3, 0.4) is 0 Å². The standard InChI is InChI=1S/C22H23BrN2O5/c1-25-18(27)15-3-2-14(5-16(15)19(25)28)24-17(26)10-30-20(29)21-6-12-4-13(7-21)9-22(23,8-12)11-21/h2-3,5,12-13H,4,6-11H2,1H3,(H,24,26). The van der Waals surface area contributed by atoms with Crippen LogP contribution in [-0.2, 0) is 14.3 Å². The highest BCUT2D eigenvalue weighted by Crippen LogP contribution is 2.64. The molecule has 1 N–H and O–H groups in total. The Kier molecular flexibility index (Phi) is 4.36. The fourth-order valence-corrected chi connectivity index (χ4v) is 7.76. The average Bonchev–Trinajstić information content (AvgIpc) is 2.88. The van der Waals surface area contributed by atoms with E-state index in [1.54, 1.807) is 6.07 Å². The molecule has 1 aliphatic heterocycles. The third-order valence-corrected chi connectivity index (χ3v) is 8.06. The van der Waals surface area contributed by atoms with Gasteiger partial charge in [0, 0.05) is 17.1 Å². The van der Waals surface area contributed by atoms with Crippen LogP contribution in [0.1, 0.15) is 59.2 Å². The van der Waals surface area contributed by atoms with E-state index in [-0.39, 0.29) is 28.4 Å². The van der Waals surface area contributed by atoms with Crippen LogP contribution in [0.4, 0.5) is 5.69 Å². The van der Waals surface area contributed by atoms with Gasteiger partial charge in [0.15, 0.2) is 6.61 Å². The van der Waals surface area contributed by atoms with Crippen LogP contribution in [0, 0.1) is 17.3 Å². The first-order valence-electron chi connectivity index (χ1n) is 10.3. The molecule has 1 aromatic rings. The molecule has 0 radical (unpaired) electrons. The van der Waals surface area contributed by atoms with Gasteiger partial charge in [0.25, 0.3) is 17.7 Å². The molecule has 1 aromatic carbocycles. The molecular weight excluding hydrogens is 452 g/mol. The van der Waals surface area contributed by atoms with Crippen LogP contribution in [0.2, 0.25) is 0 Å². The molecule has 30 heavy (non-hydrogen) atoms. The molecule has 4 bridgehead atoms. The van der Waals surface area contributed by atoms with Crippen molar-refractivity contribution in [2.24, 2.45) is 17.3 Å². The number of hydrogen-bond donors (Lipinski definition) is 1. The molecule has 158 valence electrons. The summed E-state index contributed by atoms with van der Waals surface area (Å²) >= 11 is 3.88. The fourth-order valence-electron chi connectivity index (χ4n) is 6.31. The SMILES string of the molecule is CN1C(=O)c2ccc(NC(=O)COC(=O)C34CC5CC(CC(Br)(C5)C3)C4)cc2C1=O. The van der Waals surface area contributed by atoms with Crippen molar-refractivity contribution in [2.45, 2.75) is 42.8 Å². The first-order valence-corrected chi connectivity index (χ1v) is 11.1. The number of amides is 3. The minimum absolute atomic E-state index is 0.0416. The van der Waals surface area contributed by atoms with Crippen molar-refractivity contribution < 1.29 is 23.9 Å². The molecular formula is C22H23BrN2O5. The lowest BCUT2D eigenvalue weighted by molar-refractivity contribution is -0.170. The first kappa shape index (κ1) is 19.7. The van der Waals surface area contributed by atoms with Gasteiger partial charge in [-0.2, -0.15) is 0 Å². The summed E-state index contributed by atoms with van der Waals surface area (Å²) < 4.78 is 5.49. The first-order chi connectivity index (χ1) is 14.2. The van der Waals surface area contributed by atoms with Crippen molar-refractivity contribution in [3.8, 4) is 0 Å². The zero-order valence-corrected chi connectivity index (χ0v) is 18.3. The van der Waals surface area contributed by atoms with Gasteiger partial charge in [0.2, 0.25) is 0 Å². The number of fused-ring (bicyclic) bond motifs is 1. The van der Waals surface area contributed by atoms with Crippen LogP contribution in [0.5, 0.6) is 0 Å². The second-order valence-electron chi connectivity index (χ2n) is 9.45. The monoisotopic (exact) mass is 474 g/mol. The normalized spacial score (nSPS) is 33.6. The van der Waals surface area contributed by atoms with E-state index >= 15 is 0 Å². The Labute approximate surface area is 182 Å². The number of imide groups is 1. The number of nitrogens with one attached hydrogen (secondary N) is 1. The molecule has 4 saturated carbocycles. The molecule has 4 aliphatic carbocycles. The number of rotatable bonds is 4. The lowest BCUT2D eigenvalue weighted by atomic mass is 9.49. The number of halogens is 1. The van der Waals surface area contributed by atoms with Gasteiger partial charge in [-0.15, -0.1) is 0 Å². The molecule has 0 spiro atoms. The van der Waals surface area contributed by atoms with Crippen LogP contribution in [-0.4, -0.2) is 46.6 Å². The molecule has 6 rings (SSSR count). The average molecular weight is 475 g/mol. The summed E-state index contributed by atoms with van der Waals surface area (Å²) in [7, 11) is 1.42. The molecule has 5 aliphatic rings. The number of benzene rings is 1. The van der Waals surface area contributed by atoms with Gasteiger partial charge in [0.05, 0.1) is 16.5 Å². The van der Waals surface area contributed by atoms with Crippen LogP contribution in [0.15, 0.2) is 18.2 Å². The van der Waals surface area contributed by atoms with Crippen LogP contribution >= 0.6 is 15.9 Å². The van der Waals surface area contributed by atoms with Gasteiger partial charge in [-0.3, -0.25) is 24.1 Å². The number of hydrogen-bond acceptors (Lipinski definition) is 5. The van der Waals surface area contributed by atoms with Crippen LogP contribution < -0.4 is 5.32 Å². The third-order valence-electron chi connectivity index (χ3n) is 7.13. The Morgan fingerprint density at radius 1 is 1.13 bits per heavy atom. The zero-order chi connectivity index (χ0) is 21.3. The van der Waals surface area contributed by atoms with Crippen LogP contribution in [0.25, 0.3) is 0 Å². The molecule has 8 heteroatoms. The van der Waals surface area contributed by atoms with E-state index in [1.807, 2.05) is 0 Å². The van der Waals surface area contributed by atoms with E-state index < -0.39 is 17.2 Å². The van der Waals surface area contributed by atoms with Crippen molar-refractivity contribution >= 4 is 45.3 Å². The van der Waals surface area contributed by atoms with E-state index in [0.717, 1.165) is 37.0 Å². The molecule has 0 saturated heterocycles. The minimum atomic E-state index is -0.473. The number of carbonyl (C=O) groups excluding carboxylic acids is 4. The van der Waals surface area contributed by atoms with Gasteiger partial charge in [-0.05, 0) is 68.6 Å². The summed E-state index contributed by atoms with van der Waals surface area (Å²) in [5.41, 5.74) is 0.491. The third kappa shape index (κ3) is 3.07. The molecule has 2 unspecified atom stereocenters. The number of ether oxygens (including phenoxy) is 1. The predicted molar refractivity (Wildman–Crippen MR) is 111 cm³/mol. The summed E-state index contributed by atoms with van der Waals surface area (Å²) in [5.74, 6) is -0.391. The molecule has 0 aromatic heterocycles. The molecule has 2 atom stereocenters. The van der Waals surface area contributed by atoms with Gasteiger partial charge in [-0.25, -0.2) is 0 Å². The fraction of sp³-hybridized carbons (Fsp3) is 0.545. The van der Waals surface area contributed by atoms with Gasteiger partial charge < -0.3 is 10.1 Å². The summed E-state index contributed by atoms with van der Waals surface area (Å²) in [6.45, 7) is -0.366. The quantitative estimate of drug-likeness (QED) is 0.411. The smallest absolute Gasteiger partial charge is 0.312 e. The predicted octanol–water partition coefficient (Wildman–Crippen LogP) is 3.13.